The van der Waals surface area contributed by atoms with Gasteiger partial charge in [0.15, 0.2) is 0 Å². The van der Waals surface area contributed by atoms with E-state index in [-0.39, 0.29) is 0 Å². The number of allylic oxidation sites excluding steroid dienone is 5. The molecule has 0 heterocycles. The van der Waals surface area contributed by atoms with Gasteiger partial charge < -0.3 is 0 Å². The Hall–Kier alpha value is -1.07. The van der Waals surface area contributed by atoms with Crippen LogP contribution in [-0.2, 0) is 4.79 Å². The lowest BCUT2D eigenvalue weighted by molar-refractivity contribution is 0.557. The van der Waals surface area contributed by atoms with Gasteiger partial charge in [0, 0.05) is 11.5 Å². The Morgan fingerprint density at radius 2 is 2.23 bits per heavy atom. The first-order valence-corrected chi connectivity index (χ1v) is 4.98. The highest BCUT2D eigenvalue weighted by Crippen LogP contribution is 2.22. The normalized spacial score (nSPS) is 20.4. The van der Waals surface area contributed by atoms with Crippen molar-refractivity contribution in [3.63, 3.8) is 0 Å². The van der Waals surface area contributed by atoms with Gasteiger partial charge in [-0.25, -0.2) is 4.79 Å². The molecule has 0 aromatic rings. The van der Waals surface area contributed by atoms with Crippen LogP contribution in [0.15, 0.2) is 29.9 Å². The minimum absolute atomic E-state index is 0.314. The standard InChI is InChI=1S/C12H16O/c1-2-3-4-7-11-8-5-6-9-12(11)10-13/h5-6,8-9,11H,2-4,7H2,1H3. The zero-order chi connectivity index (χ0) is 9.52. The molecule has 13 heavy (non-hydrogen) atoms. The van der Waals surface area contributed by atoms with Crippen LogP contribution in [0.2, 0.25) is 0 Å². The van der Waals surface area contributed by atoms with Gasteiger partial charge in [-0.1, -0.05) is 44.4 Å². The zero-order valence-corrected chi connectivity index (χ0v) is 8.12. The molecule has 0 fully saturated rings. The van der Waals surface area contributed by atoms with Gasteiger partial charge in [-0.3, -0.25) is 0 Å². The molecule has 0 aromatic carbocycles. The molecule has 70 valence electrons. The van der Waals surface area contributed by atoms with E-state index in [4.69, 9.17) is 0 Å². The third-order valence-corrected chi connectivity index (χ3v) is 2.37. The van der Waals surface area contributed by atoms with Crippen LogP contribution in [-0.4, -0.2) is 5.94 Å². The number of hydrogen-bond donors (Lipinski definition) is 0. The summed E-state index contributed by atoms with van der Waals surface area (Å²) in [5, 5.41) is 0. The Kier molecular flexibility index (Phi) is 4.28. The molecule has 1 aliphatic rings. The molecule has 0 radical (unpaired) electrons. The lowest BCUT2D eigenvalue weighted by Crippen LogP contribution is -2.02. The molecule has 0 amide bonds. The van der Waals surface area contributed by atoms with Crippen molar-refractivity contribution < 1.29 is 4.79 Å². The average Bonchev–Trinajstić information content (AvgIpc) is 2.19. The fourth-order valence-corrected chi connectivity index (χ4v) is 1.56. The third-order valence-electron chi connectivity index (χ3n) is 2.37. The summed E-state index contributed by atoms with van der Waals surface area (Å²) in [5.41, 5.74) is 0.804. The van der Waals surface area contributed by atoms with Gasteiger partial charge >= 0.3 is 0 Å². The van der Waals surface area contributed by atoms with Crippen molar-refractivity contribution in [3.8, 4) is 0 Å². The molecule has 0 aliphatic heterocycles. The Balaban J connectivity index is 2.44. The Labute approximate surface area is 79.8 Å². The van der Waals surface area contributed by atoms with Gasteiger partial charge in [-0.05, 0) is 12.5 Å². The molecule has 1 nitrogen and oxygen atoms in total. The first-order valence-electron chi connectivity index (χ1n) is 4.98. The van der Waals surface area contributed by atoms with E-state index < -0.39 is 0 Å². The van der Waals surface area contributed by atoms with E-state index in [9.17, 15) is 4.79 Å². The number of unbranched alkanes of at least 4 members (excludes halogenated alkanes) is 2. The lowest BCUT2D eigenvalue weighted by Gasteiger charge is -2.12. The molecule has 1 heteroatoms. The maximum Gasteiger partial charge on any atom is 0.128 e. The van der Waals surface area contributed by atoms with E-state index in [1.165, 1.54) is 19.3 Å². The largest absolute Gasteiger partial charge is 0.233 e. The van der Waals surface area contributed by atoms with Crippen molar-refractivity contribution >= 4 is 5.94 Å². The van der Waals surface area contributed by atoms with Crippen LogP contribution in [0.3, 0.4) is 0 Å². The van der Waals surface area contributed by atoms with Gasteiger partial charge in [0.2, 0.25) is 0 Å². The van der Waals surface area contributed by atoms with Crippen LogP contribution in [0.25, 0.3) is 0 Å². The van der Waals surface area contributed by atoms with Crippen molar-refractivity contribution in [2.24, 2.45) is 5.92 Å². The maximum atomic E-state index is 10.6. The smallest absolute Gasteiger partial charge is 0.128 e. The zero-order valence-electron chi connectivity index (χ0n) is 8.12. The second-order valence-corrected chi connectivity index (χ2v) is 3.40. The quantitative estimate of drug-likeness (QED) is 0.475. The van der Waals surface area contributed by atoms with Crippen molar-refractivity contribution in [2.45, 2.75) is 32.6 Å². The summed E-state index contributed by atoms with van der Waals surface area (Å²) >= 11 is 0. The number of carbonyl (C=O) groups excluding carboxylic acids is 1. The Bertz CT molecular complexity index is 254. The van der Waals surface area contributed by atoms with Crippen LogP contribution in [0.1, 0.15) is 32.6 Å². The van der Waals surface area contributed by atoms with Crippen molar-refractivity contribution in [1.82, 2.24) is 0 Å². The molecular formula is C12H16O. The van der Waals surface area contributed by atoms with Crippen molar-refractivity contribution in [2.75, 3.05) is 0 Å². The van der Waals surface area contributed by atoms with Crippen LogP contribution in [0.5, 0.6) is 0 Å². The van der Waals surface area contributed by atoms with Crippen LogP contribution in [0.4, 0.5) is 0 Å². The van der Waals surface area contributed by atoms with Gasteiger partial charge in [-0.15, -0.1) is 0 Å². The minimum Gasteiger partial charge on any atom is -0.233 e. The van der Waals surface area contributed by atoms with Gasteiger partial charge in [-0.2, -0.15) is 0 Å². The van der Waals surface area contributed by atoms with E-state index in [2.05, 4.69) is 13.0 Å². The molecule has 0 saturated carbocycles. The third kappa shape index (κ3) is 3.04. The summed E-state index contributed by atoms with van der Waals surface area (Å²) in [7, 11) is 0. The van der Waals surface area contributed by atoms with E-state index in [1.807, 2.05) is 24.2 Å². The topological polar surface area (TPSA) is 17.1 Å². The van der Waals surface area contributed by atoms with Crippen molar-refractivity contribution in [1.29, 1.82) is 0 Å². The molecule has 1 unspecified atom stereocenters. The highest BCUT2D eigenvalue weighted by atomic mass is 16.1. The van der Waals surface area contributed by atoms with E-state index in [0.717, 1.165) is 12.0 Å². The van der Waals surface area contributed by atoms with Crippen LogP contribution < -0.4 is 0 Å². The highest BCUT2D eigenvalue weighted by molar-refractivity contribution is 5.60. The monoisotopic (exact) mass is 176 g/mol. The fraction of sp³-hybridized carbons (Fsp3) is 0.500. The van der Waals surface area contributed by atoms with Crippen molar-refractivity contribution in [3.05, 3.63) is 29.9 Å². The summed E-state index contributed by atoms with van der Waals surface area (Å²) in [4.78, 5) is 10.6. The number of hydrogen-bond acceptors (Lipinski definition) is 1. The summed E-state index contributed by atoms with van der Waals surface area (Å²) < 4.78 is 0. The van der Waals surface area contributed by atoms with Gasteiger partial charge in [0.05, 0.1) is 0 Å². The second-order valence-electron chi connectivity index (χ2n) is 3.40. The summed E-state index contributed by atoms with van der Waals surface area (Å²) in [5.74, 6) is 2.32. The molecule has 0 spiro atoms. The predicted molar refractivity (Wildman–Crippen MR) is 55.1 cm³/mol. The molecule has 0 bridgehead atoms. The molecular weight excluding hydrogens is 160 g/mol. The molecule has 0 saturated heterocycles. The van der Waals surface area contributed by atoms with Crippen LogP contribution >= 0.6 is 0 Å². The maximum absolute atomic E-state index is 10.6. The summed E-state index contributed by atoms with van der Waals surface area (Å²) in [6.45, 7) is 2.19. The molecule has 1 aliphatic carbocycles. The predicted octanol–water partition coefficient (Wildman–Crippen LogP) is 3.07. The molecule has 0 aromatic heterocycles. The summed E-state index contributed by atoms with van der Waals surface area (Å²) in [6.07, 6.45) is 12.6. The Morgan fingerprint density at radius 1 is 1.38 bits per heavy atom. The average molecular weight is 176 g/mol. The SMILES string of the molecule is CCCCCC1C=CC=CC1=C=O. The molecule has 1 rings (SSSR count). The van der Waals surface area contributed by atoms with Gasteiger partial charge in [0.1, 0.15) is 5.94 Å². The van der Waals surface area contributed by atoms with Crippen LogP contribution in [0, 0.1) is 5.92 Å². The Morgan fingerprint density at radius 3 is 2.92 bits per heavy atom. The fourth-order valence-electron chi connectivity index (χ4n) is 1.56. The van der Waals surface area contributed by atoms with E-state index in [0.29, 0.717) is 5.92 Å². The first kappa shape index (κ1) is 10.0. The molecule has 1 atom stereocenters. The molecule has 0 N–H and O–H groups in total. The van der Waals surface area contributed by atoms with E-state index in [1.54, 1.807) is 0 Å². The summed E-state index contributed by atoms with van der Waals surface area (Å²) in [6, 6.07) is 0. The first-order chi connectivity index (χ1) is 6.38. The van der Waals surface area contributed by atoms with E-state index >= 15 is 0 Å². The van der Waals surface area contributed by atoms with Gasteiger partial charge in [0.25, 0.3) is 0 Å². The highest BCUT2D eigenvalue weighted by Gasteiger charge is 2.11. The lowest BCUT2D eigenvalue weighted by atomic mass is 9.91. The number of rotatable bonds is 4. The second kappa shape index (κ2) is 5.55. The minimum atomic E-state index is 0.314.